The predicted molar refractivity (Wildman–Crippen MR) is 141 cm³/mol. The molecule has 2 aromatic rings. The number of hydrogen-bond donors (Lipinski definition) is 0. The summed E-state index contributed by atoms with van der Waals surface area (Å²) in [5.74, 6) is -0.734. The third-order valence-electron chi connectivity index (χ3n) is 7.07. The molecule has 12 heteroatoms. The Bertz CT molecular complexity index is 1270. The average molecular weight is 572 g/mol. The van der Waals surface area contributed by atoms with Crippen LogP contribution in [0, 0.1) is 5.82 Å². The highest BCUT2D eigenvalue weighted by atomic mass is 35.5. The average Bonchev–Trinajstić information content (AvgIpc) is 3.31. The van der Waals surface area contributed by atoms with Gasteiger partial charge in [0.25, 0.3) is 0 Å². The molecule has 2 fully saturated rings. The van der Waals surface area contributed by atoms with E-state index in [2.05, 4.69) is 0 Å². The van der Waals surface area contributed by atoms with Gasteiger partial charge in [0.1, 0.15) is 5.82 Å². The second-order valence-electron chi connectivity index (χ2n) is 9.49. The van der Waals surface area contributed by atoms with Gasteiger partial charge in [-0.3, -0.25) is 4.79 Å². The highest BCUT2D eigenvalue weighted by molar-refractivity contribution is 7.88. The molecule has 2 heterocycles. The number of halogens is 3. The van der Waals surface area contributed by atoms with E-state index in [9.17, 15) is 22.4 Å². The van der Waals surface area contributed by atoms with Crippen molar-refractivity contribution in [2.24, 2.45) is 0 Å². The van der Waals surface area contributed by atoms with E-state index in [1.54, 1.807) is 46.0 Å². The van der Waals surface area contributed by atoms with Crippen LogP contribution in [-0.4, -0.2) is 98.0 Å². The minimum absolute atomic E-state index is 0.1000. The maximum absolute atomic E-state index is 13.4. The Kier molecular flexibility index (Phi) is 8.32. The molecule has 8 nitrogen and oxygen atoms in total. The van der Waals surface area contributed by atoms with E-state index in [4.69, 9.17) is 23.2 Å². The number of likely N-dealkylation sites (N-methyl/N-ethyl adjacent to an activating group) is 1. The molecule has 0 N–H and O–H groups in total. The van der Waals surface area contributed by atoms with Gasteiger partial charge in [-0.15, -0.1) is 0 Å². The zero-order valence-corrected chi connectivity index (χ0v) is 22.9. The Balaban J connectivity index is 1.52. The standard InChI is InChI=1S/C25H29Cl2FN4O4S/c1-29(24(33)13-17-3-6-19(28)7-4-17)23-16-31(15-20(23)18-5-8-21(26)22(27)14-18)25(34)30-9-11-32(12-10-30)37(2,35)36/h3-8,14,20,23H,9-13,15-16H2,1-2H3/t20-,23+/m1/s1. The van der Waals surface area contributed by atoms with Gasteiger partial charge < -0.3 is 14.7 Å². The molecule has 0 aliphatic carbocycles. The number of likely N-dealkylation sites (tertiary alicyclic amines) is 1. The topological polar surface area (TPSA) is 81.2 Å². The summed E-state index contributed by atoms with van der Waals surface area (Å²) in [5.41, 5.74) is 1.55. The quantitative estimate of drug-likeness (QED) is 0.552. The van der Waals surface area contributed by atoms with Gasteiger partial charge in [-0.2, -0.15) is 4.31 Å². The number of sulfonamides is 1. The molecule has 4 rings (SSSR count). The minimum Gasteiger partial charge on any atom is -0.340 e. The number of carbonyl (C=O) groups is 2. The fourth-order valence-corrected chi connectivity index (χ4v) is 6.04. The van der Waals surface area contributed by atoms with Crippen LogP contribution in [0.5, 0.6) is 0 Å². The fourth-order valence-electron chi connectivity index (χ4n) is 4.90. The number of amides is 3. The number of carbonyl (C=O) groups excluding carboxylic acids is 2. The molecule has 0 bridgehead atoms. The second kappa shape index (κ2) is 11.1. The van der Waals surface area contributed by atoms with E-state index >= 15 is 0 Å². The van der Waals surface area contributed by atoms with E-state index in [1.165, 1.54) is 16.4 Å². The molecule has 0 spiro atoms. The Morgan fingerprint density at radius 3 is 2.22 bits per heavy atom. The maximum Gasteiger partial charge on any atom is 0.320 e. The zero-order valence-electron chi connectivity index (χ0n) is 20.6. The fraction of sp³-hybridized carbons (Fsp3) is 0.440. The van der Waals surface area contributed by atoms with Crippen LogP contribution in [0.15, 0.2) is 42.5 Å². The van der Waals surface area contributed by atoms with E-state index < -0.39 is 10.0 Å². The lowest BCUT2D eigenvalue weighted by atomic mass is 9.93. The number of hydrogen-bond acceptors (Lipinski definition) is 4. The summed E-state index contributed by atoms with van der Waals surface area (Å²) in [4.78, 5) is 31.6. The first-order valence-corrected chi connectivity index (χ1v) is 14.5. The van der Waals surface area contributed by atoms with Gasteiger partial charge in [-0.05, 0) is 35.4 Å². The lowest BCUT2D eigenvalue weighted by Crippen LogP contribution is -2.53. The van der Waals surface area contributed by atoms with Crippen molar-refractivity contribution in [3.8, 4) is 0 Å². The highest BCUT2D eigenvalue weighted by Crippen LogP contribution is 2.35. The maximum atomic E-state index is 13.4. The zero-order chi connectivity index (χ0) is 26.9. The molecule has 2 aromatic carbocycles. The molecule has 3 amide bonds. The van der Waals surface area contributed by atoms with Crippen molar-refractivity contribution in [1.82, 2.24) is 19.0 Å². The first-order chi connectivity index (χ1) is 17.4. The summed E-state index contributed by atoms with van der Waals surface area (Å²) in [6.07, 6.45) is 1.26. The number of urea groups is 1. The van der Waals surface area contributed by atoms with Crippen LogP contribution in [0.4, 0.5) is 9.18 Å². The summed E-state index contributed by atoms with van der Waals surface area (Å²) in [5, 5.41) is 0.803. The van der Waals surface area contributed by atoms with Gasteiger partial charge >= 0.3 is 6.03 Å². The highest BCUT2D eigenvalue weighted by Gasteiger charge is 2.42. The van der Waals surface area contributed by atoms with Crippen LogP contribution < -0.4 is 0 Å². The van der Waals surface area contributed by atoms with Crippen molar-refractivity contribution in [3.63, 3.8) is 0 Å². The molecular formula is C25H29Cl2FN4O4S. The van der Waals surface area contributed by atoms with Crippen molar-refractivity contribution in [2.45, 2.75) is 18.4 Å². The summed E-state index contributed by atoms with van der Waals surface area (Å²) in [6.45, 7) is 1.75. The van der Waals surface area contributed by atoms with E-state index in [0.717, 1.165) is 11.8 Å². The van der Waals surface area contributed by atoms with E-state index in [0.29, 0.717) is 41.8 Å². The van der Waals surface area contributed by atoms with Gasteiger partial charge in [0.2, 0.25) is 15.9 Å². The van der Waals surface area contributed by atoms with Crippen molar-refractivity contribution in [1.29, 1.82) is 0 Å². The van der Waals surface area contributed by atoms with Gasteiger partial charge in [0.05, 0.1) is 28.8 Å². The largest absolute Gasteiger partial charge is 0.340 e. The summed E-state index contributed by atoms with van der Waals surface area (Å²) in [7, 11) is -1.60. The molecule has 0 saturated carbocycles. The van der Waals surface area contributed by atoms with Crippen LogP contribution in [0.3, 0.4) is 0 Å². The first kappa shape index (κ1) is 27.6. The summed E-state index contributed by atoms with van der Waals surface area (Å²) in [6, 6.07) is 10.6. The molecule has 2 aliphatic heterocycles. The van der Waals surface area contributed by atoms with Gasteiger partial charge in [0, 0.05) is 52.2 Å². The van der Waals surface area contributed by atoms with Crippen molar-refractivity contribution < 1.29 is 22.4 Å². The molecular weight excluding hydrogens is 542 g/mol. The van der Waals surface area contributed by atoms with Crippen molar-refractivity contribution >= 4 is 45.2 Å². The molecule has 0 unspecified atom stereocenters. The van der Waals surface area contributed by atoms with Crippen LogP contribution in [0.2, 0.25) is 10.0 Å². The van der Waals surface area contributed by atoms with E-state index in [1.807, 2.05) is 6.07 Å². The van der Waals surface area contributed by atoms with E-state index in [-0.39, 0.29) is 49.2 Å². The minimum atomic E-state index is -3.31. The normalized spacial score (nSPS) is 20.8. The summed E-state index contributed by atoms with van der Waals surface area (Å²) < 4.78 is 38.3. The first-order valence-electron chi connectivity index (χ1n) is 11.9. The Morgan fingerprint density at radius 1 is 0.973 bits per heavy atom. The molecule has 2 atom stereocenters. The van der Waals surface area contributed by atoms with Crippen LogP contribution in [-0.2, 0) is 21.2 Å². The molecule has 2 saturated heterocycles. The van der Waals surface area contributed by atoms with Gasteiger partial charge in [-0.25, -0.2) is 17.6 Å². The van der Waals surface area contributed by atoms with Gasteiger partial charge in [-0.1, -0.05) is 41.4 Å². The number of rotatable bonds is 5. The molecule has 37 heavy (non-hydrogen) atoms. The Hall–Kier alpha value is -2.40. The lowest BCUT2D eigenvalue weighted by molar-refractivity contribution is -0.131. The third-order valence-corrected chi connectivity index (χ3v) is 9.11. The van der Waals surface area contributed by atoms with Crippen LogP contribution in [0.25, 0.3) is 0 Å². The van der Waals surface area contributed by atoms with Gasteiger partial charge in [0.15, 0.2) is 0 Å². The van der Waals surface area contributed by atoms with Crippen molar-refractivity contribution in [2.75, 3.05) is 52.6 Å². The number of nitrogens with zero attached hydrogens (tertiary/aromatic N) is 4. The number of benzene rings is 2. The van der Waals surface area contributed by atoms with Crippen LogP contribution >= 0.6 is 23.2 Å². The predicted octanol–water partition coefficient (Wildman–Crippen LogP) is 3.30. The smallest absolute Gasteiger partial charge is 0.320 e. The number of piperazine rings is 1. The molecule has 0 aromatic heterocycles. The monoisotopic (exact) mass is 570 g/mol. The molecule has 200 valence electrons. The Labute approximate surface area is 226 Å². The lowest BCUT2D eigenvalue weighted by Gasteiger charge is -2.35. The third kappa shape index (κ3) is 6.37. The Morgan fingerprint density at radius 2 is 1.62 bits per heavy atom. The van der Waals surface area contributed by atoms with Crippen LogP contribution in [0.1, 0.15) is 17.0 Å². The second-order valence-corrected chi connectivity index (χ2v) is 12.3. The SMILES string of the molecule is CN(C(=O)Cc1ccc(F)cc1)[C@H]1CN(C(=O)N2CCN(S(C)(=O)=O)CC2)C[C@@H]1c1ccc(Cl)c(Cl)c1. The molecule has 0 radical (unpaired) electrons. The summed E-state index contributed by atoms with van der Waals surface area (Å²) >= 11 is 12.4. The van der Waals surface area contributed by atoms with Crippen molar-refractivity contribution in [3.05, 3.63) is 69.5 Å². The molecule has 2 aliphatic rings.